The van der Waals surface area contributed by atoms with Crippen molar-refractivity contribution in [2.24, 2.45) is 5.73 Å². The van der Waals surface area contributed by atoms with Crippen molar-refractivity contribution in [3.8, 4) is 11.4 Å². The summed E-state index contributed by atoms with van der Waals surface area (Å²) in [6.45, 7) is 3.85. The minimum atomic E-state index is 0.536. The molecule has 3 fully saturated rings. The third-order valence-corrected chi connectivity index (χ3v) is 7.40. The molecule has 7 rings (SSSR count). The van der Waals surface area contributed by atoms with Crippen LogP contribution in [0.25, 0.3) is 33.3 Å². The fourth-order valence-electron chi connectivity index (χ4n) is 5.31. The first-order valence-corrected chi connectivity index (χ1v) is 13.1. The minimum absolute atomic E-state index is 0.536. The van der Waals surface area contributed by atoms with Gasteiger partial charge in [-0.2, -0.15) is 0 Å². The highest BCUT2D eigenvalue weighted by Gasteiger charge is 2.29. The molecule has 0 aromatic carbocycles. The van der Waals surface area contributed by atoms with Gasteiger partial charge in [0.1, 0.15) is 11.5 Å². The number of hydrogen-bond acceptors (Lipinski definition) is 7. The number of pyridine rings is 2. The normalized spacial score (nSPS) is 19.1. The molecule has 0 unspecified atom stereocenters. The van der Waals surface area contributed by atoms with Crippen LogP contribution in [0.1, 0.15) is 56.4 Å². The van der Waals surface area contributed by atoms with Crippen LogP contribution in [-0.4, -0.2) is 57.1 Å². The van der Waals surface area contributed by atoms with Gasteiger partial charge in [-0.3, -0.25) is 4.98 Å². The number of aromatic amines is 1. The third kappa shape index (κ3) is 4.73. The highest BCUT2D eigenvalue weighted by atomic mass is 15.2. The van der Waals surface area contributed by atoms with Gasteiger partial charge in [0.2, 0.25) is 0 Å². The molecule has 8 heteroatoms. The Kier molecular flexibility index (Phi) is 6.31. The molecule has 0 radical (unpaired) electrons. The van der Waals surface area contributed by atoms with Gasteiger partial charge in [-0.15, -0.1) is 0 Å². The van der Waals surface area contributed by atoms with Crippen molar-refractivity contribution in [1.82, 2.24) is 30.2 Å². The van der Waals surface area contributed by atoms with Crippen molar-refractivity contribution in [2.45, 2.75) is 56.9 Å². The van der Waals surface area contributed by atoms with E-state index in [0.29, 0.717) is 12.0 Å². The lowest BCUT2D eigenvalue weighted by Gasteiger charge is -2.30. The zero-order valence-electron chi connectivity index (χ0n) is 20.2. The monoisotopic (exact) mass is 470 g/mol. The molecule has 0 amide bonds. The molecule has 1 saturated heterocycles. The Morgan fingerprint density at radius 3 is 2.51 bits per heavy atom. The largest absolute Gasteiger partial charge is 0.353 e. The summed E-state index contributed by atoms with van der Waals surface area (Å²) < 4.78 is 0. The van der Waals surface area contributed by atoms with Gasteiger partial charge in [-0.25, -0.2) is 15.0 Å². The topological polar surface area (TPSA) is 109 Å². The standard InChI is InChI=1S/C21H21N7.C6H13N/c1-2-13(1)16-11-23-12-17-18(16)21(28-9-7-22-8-10-28)27-20(26-17)15-4-6-25-19-14(15)3-5-24-19;7-6-4-2-1-3-5-6/h3-6,11-13,22H,1-2,7-10H2,(H,24,25);6H,1-5,7H2. The van der Waals surface area contributed by atoms with Gasteiger partial charge in [0, 0.05) is 67.1 Å². The molecular weight excluding hydrogens is 436 g/mol. The second-order valence-electron chi connectivity index (χ2n) is 10.0. The fraction of sp³-hybridized carbons (Fsp3) is 0.481. The fourth-order valence-corrected chi connectivity index (χ4v) is 5.31. The van der Waals surface area contributed by atoms with E-state index in [-0.39, 0.29) is 0 Å². The van der Waals surface area contributed by atoms with Gasteiger partial charge in [0.25, 0.3) is 0 Å². The number of nitrogens with one attached hydrogen (secondary N) is 2. The Morgan fingerprint density at radius 2 is 1.77 bits per heavy atom. The number of H-pyrrole nitrogens is 1. The van der Waals surface area contributed by atoms with E-state index in [0.717, 1.165) is 59.9 Å². The van der Waals surface area contributed by atoms with Crippen LogP contribution in [0.2, 0.25) is 0 Å². The average molecular weight is 471 g/mol. The maximum absolute atomic E-state index is 5.63. The molecule has 1 aliphatic heterocycles. The lowest BCUT2D eigenvalue weighted by molar-refractivity contribution is 0.441. The maximum Gasteiger partial charge on any atom is 0.163 e. The smallest absolute Gasteiger partial charge is 0.163 e. The van der Waals surface area contributed by atoms with Crippen LogP contribution in [0.4, 0.5) is 5.82 Å². The Morgan fingerprint density at radius 1 is 0.943 bits per heavy atom. The number of hydrogen-bond donors (Lipinski definition) is 3. The number of nitrogens with zero attached hydrogens (tertiary/aromatic N) is 5. The number of fused-ring (bicyclic) bond motifs is 2. The second-order valence-corrected chi connectivity index (χ2v) is 10.0. The predicted molar refractivity (Wildman–Crippen MR) is 141 cm³/mol. The van der Waals surface area contributed by atoms with E-state index in [1.165, 1.54) is 55.9 Å². The summed E-state index contributed by atoms with van der Waals surface area (Å²) in [6, 6.07) is 4.57. The summed E-state index contributed by atoms with van der Waals surface area (Å²) in [5.41, 5.74) is 9.73. The van der Waals surface area contributed by atoms with Crippen LogP contribution in [-0.2, 0) is 0 Å². The van der Waals surface area contributed by atoms with Crippen LogP contribution in [0.3, 0.4) is 0 Å². The highest BCUT2D eigenvalue weighted by molar-refractivity contribution is 5.97. The van der Waals surface area contributed by atoms with Crippen LogP contribution in [0, 0.1) is 0 Å². The van der Waals surface area contributed by atoms with E-state index < -0.39 is 0 Å². The summed E-state index contributed by atoms with van der Waals surface area (Å²) in [5, 5.41) is 5.66. The van der Waals surface area contributed by atoms with Gasteiger partial charge in [0.15, 0.2) is 5.82 Å². The van der Waals surface area contributed by atoms with E-state index in [1.807, 2.05) is 36.9 Å². The number of piperazine rings is 1. The quantitative estimate of drug-likeness (QED) is 0.413. The van der Waals surface area contributed by atoms with E-state index in [9.17, 15) is 0 Å². The molecule has 4 aromatic rings. The Hall–Kier alpha value is -3.10. The molecule has 182 valence electrons. The summed E-state index contributed by atoms with van der Waals surface area (Å²) in [4.78, 5) is 24.5. The molecule has 35 heavy (non-hydrogen) atoms. The Labute approximate surface area is 205 Å². The van der Waals surface area contributed by atoms with Gasteiger partial charge < -0.3 is 20.9 Å². The Balaban J connectivity index is 0.000000284. The molecule has 3 aliphatic rings. The highest BCUT2D eigenvalue weighted by Crippen LogP contribution is 2.45. The first kappa shape index (κ1) is 22.4. The molecule has 0 spiro atoms. The summed E-state index contributed by atoms with van der Waals surface area (Å²) >= 11 is 0. The number of rotatable bonds is 3. The van der Waals surface area contributed by atoms with Gasteiger partial charge in [-0.1, -0.05) is 19.3 Å². The third-order valence-electron chi connectivity index (χ3n) is 7.40. The van der Waals surface area contributed by atoms with E-state index >= 15 is 0 Å². The van der Waals surface area contributed by atoms with Crippen molar-refractivity contribution in [1.29, 1.82) is 0 Å². The van der Waals surface area contributed by atoms with Crippen molar-refractivity contribution >= 4 is 27.8 Å². The van der Waals surface area contributed by atoms with Gasteiger partial charge in [-0.05, 0) is 49.3 Å². The summed E-state index contributed by atoms with van der Waals surface area (Å²) in [6.07, 6.45) is 16.8. The molecule has 8 nitrogen and oxygen atoms in total. The minimum Gasteiger partial charge on any atom is -0.353 e. The Bertz CT molecular complexity index is 1300. The zero-order valence-corrected chi connectivity index (χ0v) is 20.2. The lowest BCUT2D eigenvalue weighted by atomic mass is 9.97. The van der Waals surface area contributed by atoms with Crippen molar-refractivity contribution in [3.05, 3.63) is 42.5 Å². The number of nitrogens with two attached hydrogens (primary N) is 1. The zero-order chi connectivity index (χ0) is 23.6. The number of aromatic nitrogens is 5. The molecule has 5 heterocycles. The van der Waals surface area contributed by atoms with Crippen LogP contribution < -0.4 is 16.0 Å². The van der Waals surface area contributed by atoms with Crippen molar-refractivity contribution in [3.63, 3.8) is 0 Å². The molecule has 4 N–H and O–H groups in total. The summed E-state index contributed by atoms with van der Waals surface area (Å²) in [7, 11) is 0. The van der Waals surface area contributed by atoms with E-state index in [4.69, 9.17) is 15.7 Å². The van der Waals surface area contributed by atoms with Crippen molar-refractivity contribution < 1.29 is 0 Å². The molecule has 2 saturated carbocycles. The average Bonchev–Trinajstić information content (AvgIpc) is 3.64. The maximum atomic E-state index is 5.63. The molecule has 0 atom stereocenters. The van der Waals surface area contributed by atoms with Crippen molar-refractivity contribution in [2.75, 3.05) is 31.1 Å². The van der Waals surface area contributed by atoms with Crippen LogP contribution >= 0.6 is 0 Å². The van der Waals surface area contributed by atoms with Crippen LogP contribution in [0.5, 0.6) is 0 Å². The summed E-state index contributed by atoms with van der Waals surface area (Å²) in [5.74, 6) is 2.39. The number of anilines is 1. The molecule has 4 aromatic heterocycles. The van der Waals surface area contributed by atoms with Crippen LogP contribution in [0.15, 0.2) is 36.9 Å². The van der Waals surface area contributed by atoms with Gasteiger partial charge in [0.05, 0.1) is 11.7 Å². The van der Waals surface area contributed by atoms with E-state index in [1.54, 1.807) is 0 Å². The van der Waals surface area contributed by atoms with E-state index in [2.05, 4.69) is 25.2 Å². The van der Waals surface area contributed by atoms with Gasteiger partial charge >= 0.3 is 0 Å². The molecule has 2 aliphatic carbocycles. The first-order valence-electron chi connectivity index (χ1n) is 13.1. The predicted octanol–water partition coefficient (Wildman–Crippen LogP) is 4.13. The lowest BCUT2D eigenvalue weighted by Crippen LogP contribution is -2.44. The first-order chi connectivity index (χ1) is 17.3. The molecular formula is C27H34N8. The SMILES string of the molecule is NC1CCCCC1.c1cc(-c2nc(N3CCNCC3)c3c(C4CC4)cncc3n2)c2cc[nH]c2n1. The second kappa shape index (κ2) is 9.87. The molecule has 0 bridgehead atoms.